The Labute approximate surface area is 138 Å². The van der Waals surface area contributed by atoms with E-state index in [0.29, 0.717) is 21.9 Å². The van der Waals surface area contributed by atoms with Crippen LogP contribution in [0, 0.1) is 34.6 Å². The zero-order valence-electron chi connectivity index (χ0n) is 12.4. The Kier molecular flexibility index (Phi) is 3.25. The van der Waals surface area contributed by atoms with E-state index in [4.69, 9.17) is 9.68 Å². The van der Waals surface area contributed by atoms with Crippen LogP contribution < -0.4 is 0 Å². The van der Waals surface area contributed by atoms with Crippen LogP contribution in [-0.4, -0.2) is 0 Å². The number of furan rings is 1. The Morgan fingerprint density at radius 3 is 2.08 bits per heavy atom. The summed E-state index contributed by atoms with van der Waals surface area (Å²) in [6.07, 6.45) is 0. The number of fused-ring (bicyclic) bond motifs is 3. The molecular formula is C19H7F4NO. The highest BCUT2D eigenvalue weighted by molar-refractivity contribution is 6.12. The summed E-state index contributed by atoms with van der Waals surface area (Å²) in [5, 5.41) is 9.60. The second-order valence-corrected chi connectivity index (χ2v) is 5.39. The fourth-order valence-corrected chi connectivity index (χ4v) is 2.95. The number of nitriles is 1. The predicted molar refractivity (Wildman–Crippen MR) is 83.7 cm³/mol. The lowest BCUT2D eigenvalue weighted by Gasteiger charge is -2.10. The van der Waals surface area contributed by atoms with E-state index in [-0.39, 0.29) is 5.56 Å². The second kappa shape index (κ2) is 5.35. The molecule has 2 nitrogen and oxygen atoms in total. The van der Waals surface area contributed by atoms with Crippen molar-refractivity contribution >= 4 is 21.9 Å². The molecule has 0 aliphatic rings. The van der Waals surface area contributed by atoms with Gasteiger partial charge >= 0.3 is 0 Å². The van der Waals surface area contributed by atoms with Gasteiger partial charge < -0.3 is 4.42 Å². The molecular weight excluding hydrogens is 334 g/mol. The summed E-state index contributed by atoms with van der Waals surface area (Å²) in [5.74, 6) is -6.68. The smallest absolute Gasteiger partial charge is 0.180 e. The molecule has 122 valence electrons. The fourth-order valence-electron chi connectivity index (χ4n) is 2.95. The predicted octanol–water partition coefficient (Wildman–Crippen LogP) is 5.68. The molecule has 0 bridgehead atoms. The summed E-state index contributed by atoms with van der Waals surface area (Å²) < 4.78 is 62.5. The van der Waals surface area contributed by atoms with Crippen molar-refractivity contribution in [2.75, 3.05) is 0 Å². The largest absolute Gasteiger partial charge is 0.456 e. The minimum atomic E-state index is -1.72. The van der Waals surface area contributed by atoms with E-state index in [0.717, 1.165) is 6.07 Å². The number of benzene rings is 3. The number of nitrogens with zero attached hydrogens (tertiary/aromatic N) is 1. The SMILES string of the molecule is N#Cc1c(F)c(F)c(-c2cccc3oc4ccccc4c23)c(F)c1F. The molecule has 25 heavy (non-hydrogen) atoms. The zero-order chi connectivity index (χ0) is 17.7. The molecule has 1 heterocycles. The maximum Gasteiger partial charge on any atom is 0.180 e. The Morgan fingerprint density at radius 1 is 0.760 bits per heavy atom. The zero-order valence-corrected chi connectivity index (χ0v) is 12.4. The van der Waals surface area contributed by atoms with E-state index in [2.05, 4.69) is 0 Å². The van der Waals surface area contributed by atoms with Crippen LogP contribution in [-0.2, 0) is 0 Å². The van der Waals surface area contributed by atoms with Crippen molar-refractivity contribution in [3.05, 3.63) is 71.3 Å². The Balaban J connectivity index is 2.19. The molecule has 0 saturated carbocycles. The van der Waals surface area contributed by atoms with Crippen molar-refractivity contribution in [2.45, 2.75) is 0 Å². The first-order valence-corrected chi connectivity index (χ1v) is 7.21. The molecule has 4 rings (SSSR count). The minimum absolute atomic E-state index is 0.0558. The van der Waals surface area contributed by atoms with Gasteiger partial charge in [-0.15, -0.1) is 0 Å². The molecule has 0 aliphatic carbocycles. The van der Waals surface area contributed by atoms with Crippen molar-refractivity contribution < 1.29 is 22.0 Å². The van der Waals surface area contributed by atoms with E-state index in [1.54, 1.807) is 30.3 Å². The third kappa shape index (κ3) is 2.02. The maximum absolute atomic E-state index is 14.4. The van der Waals surface area contributed by atoms with E-state index in [1.807, 2.05) is 0 Å². The molecule has 6 heteroatoms. The molecule has 4 aromatic rings. The molecule has 0 N–H and O–H groups in total. The molecule has 0 saturated heterocycles. The van der Waals surface area contributed by atoms with E-state index in [9.17, 15) is 17.6 Å². The molecule has 0 unspecified atom stereocenters. The van der Waals surface area contributed by atoms with Crippen LogP contribution in [0.5, 0.6) is 0 Å². The van der Waals surface area contributed by atoms with Crippen LogP contribution in [0.4, 0.5) is 17.6 Å². The van der Waals surface area contributed by atoms with Gasteiger partial charge in [0.2, 0.25) is 0 Å². The number of rotatable bonds is 1. The molecule has 0 fully saturated rings. The summed E-state index contributed by atoms with van der Waals surface area (Å²) in [7, 11) is 0. The molecule has 0 amide bonds. The van der Waals surface area contributed by atoms with Crippen LogP contribution in [0.3, 0.4) is 0 Å². The van der Waals surface area contributed by atoms with Gasteiger partial charge in [-0.1, -0.05) is 30.3 Å². The van der Waals surface area contributed by atoms with Gasteiger partial charge in [-0.25, -0.2) is 17.6 Å². The standard InChI is InChI=1S/C19H7F4NO/c20-16-11(8-24)17(21)19(23)15(18(16)22)10-5-3-7-13-14(10)9-4-1-2-6-12(9)25-13/h1-7H. The van der Waals surface area contributed by atoms with Crippen molar-refractivity contribution in [1.29, 1.82) is 5.26 Å². The van der Waals surface area contributed by atoms with Gasteiger partial charge in [-0.3, -0.25) is 0 Å². The normalized spacial score (nSPS) is 11.2. The Hall–Kier alpha value is -3.33. The van der Waals surface area contributed by atoms with Crippen LogP contribution in [0.2, 0.25) is 0 Å². The van der Waals surface area contributed by atoms with E-state index in [1.165, 1.54) is 12.1 Å². The van der Waals surface area contributed by atoms with Crippen LogP contribution >= 0.6 is 0 Å². The van der Waals surface area contributed by atoms with Gasteiger partial charge in [0.15, 0.2) is 23.3 Å². The third-order valence-corrected chi connectivity index (χ3v) is 4.05. The van der Waals surface area contributed by atoms with Gasteiger partial charge in [0, 0.05) is 10.8 Å². The lowest BCUT2D eigenvalue weighted by atomic mass is 9.96. The average Bonchev–Trinajstić information content (AvgIpc) is 3.00. The first-order valence-electron chi connectivity index (χ1n) is 7.21. The van der Waals surface area contributed by atoms with Gasteiger partial charge in [-0.05, 0) is 17.7 Å². The van der Waals surface area contributed by atoms with E-state index >= 15 is 0 Å². The quantitative estimate of drug-likeness (QED) is 0.330. The third-order valence-electron chi connectivity index (χ3n) is 4.05. The summed E-state index contributed by atoms with van der Waals surface area (Å²) >= 11 is 0. The highest BCUT2D eigenvalue weighted by Crippen LogP contribution is 2.40. The Morgan fingerprint density at radius 2 is 1.40 bits per heavy atom. The molecule has 1 aromatic heterocycles. The first-order chi connectivity index (χ1) is 12.0. The molecule has 0 spiro atoms. The lowest BCUT2D eigenvalue weighted by Crippen LogP contribution is -2.04. The fraction of sp³-hybridized carbons (Fsp3) is 0. The van der Waals surface area contributed by atoms with Crippen molar-refractivity contribution in [1.82, 2.24) is 0 Å². The van der Waals surface area contributed by atoms with Gasteiger partial charge in [0.05, 0.1) is 5.56 Å². The summed E-state index contributed by atoms with van der Waals surface area (Å²) in [6.45, 7) is 0. The summed E-state index contributed by atoms with van der Waals surface area (Å²) in [5.41, 5.74) is -1.42. The van der Waals surface area contributed by atoms with Crippen molar-refractivity contribution in [3.63, 3.8) is 0 Å². The molecule has 0 aliphatic heterocycles. The molecule has 0 radical (unpaired) electrons. The van der Waals surface area contributed by atoms with Crippen LogP contribution in [0.15, 0.2) is 46.9 Å². The lowest BCUT2D eigenvalue weighted by molar-refractivity contribution is 0.454. The number of hydrogen-bond donors (Lipinski definition) is 0. The van der Waals surface area contributed by atoms with E-state index < -0.39 is 34.4 Å². The van der Waals surface area contributed by atoms with Crippen molar-refractivity contribution in [2.24, 2.45) is 0 Å². The number of hydrogen-bond acceptors (Lipinski definition) is 2. The summed E-state index contributed by atoms with van der Waals surface area (Å²) in [4.78, 5) is 0. The maximum atomic E-state index is 14.4. The number of para-hydroxylation sites is 1. The van der Waals surface area contributed by atoms with Gasteiger partial charge in [0.1, 0.15) is 22.8 Å². The average molecular weight is 341 g/mol. The van der Waals surface area contributed by atoms with Crippen LogP contribution in [0.25, 0.3) is 33.1 Å². The van der Waals surface area contributed by atoms with Crippen molar-refractivity contribution in [3.8, 4) is 17.2 Å². The molecule has 3 aromatic carbocycles. The molecule has 0 atom stereocenters. The Bertz CT molecular complexity index is 1170. The summed E-state index contributed by atoms with van der Waals surface area (Å²) in [6, 6.07) is 12.3. The van der Waals surface area contributed by atoms with Gasteiger partial charge in [-0.2, -0.15) is 5.26 Å². The second-order valence-electron chi connectivity index (χ2n) is 5.39. The first kappa shape index (κ1) is 15.2. The monoisotopic (exact) mass is 341 g/mol. The highest BCUT2D eigenvalue weighted by atomic mass is 19.2. The van der Waals surface area contributed by atoms with Gasteiger partial charge in [0.25, 0.3) is 0 Å². The topological polar surface area (TPSA) is 36.9 Å². The minimum Gasteiger partial charge on any atom is -0.456 e. The number of halogens is 4. The van der Waals surface area contributed by atoms with Crippen LogP contribution in [0.1, 0.15) is 5.56 Å². The highest BCUT2D eigenvalue weighted by Gasteiger charge is 2.28.